The molecule has 0 amide bonds. The van der Waals surface area contributed by atoms with E-state index in [2.05, 4.69) is 5.32 Å². The molecule has 0 heterocycles. The van der Waals surface area contributed by atoms with Crippen molar-refractivity contribution in [2.45, 2.75) is 64.4 Å². The van der Waals surface area contributed by atoms with Gasteiger partial charge in [-0.05, 0) is 51.6 Å². The van der Waals surface area contributed by atoms with Crippen molar-refractivity contribution < 1.29 is 5.11 Å². The molecular formula is C13H27NO. The molecule has 0 aromatic rings. The third-order valence-electron chi connectivity index (χ3n) is 3.38. The molecule has 2 nitrogen and oxygen atoms in total. The molecule has 0 saturated heterocycles. The summed E-state index contributed by atoms with van der Waals surface area (Å²) in [6.45, 7) is 4.13. The maximum atomic E-state index is 9.11. The standard InChI is InChI=1S/C13H27NO/c1-12(15)7-6-10-14-11-13-8-4-2-3-5-9-13/h12-15H,2-11H2,1H3. The lowest BCUT2D eigenvalue weighted by molar-refractivity contribution is 0.181. The molecule has 1 aliphatic rings. The summed E-state index contributed by atoms with van der Waals surface area (Å²) in [5.41, 5.74) is 0. The van der Waals surface area contributed by atoms with E-state index in [1.54, 1.807) is 0 Å². The number of hydrogen-bond acceptors (Lipinski definition) is 2. The third-order valence-corrected chi connectivity index (χ3v) is 3.38. The third kappa shape index (κ3) is 6.91. The highest BCUT2D eigenvalue weighted by atomic mass is 16.3. The summed E-state index contributed by atoms with van der Waals surface area (Å²) in [6, 6.07) is 0. The van der Waals surface area contributed by atoms with Gasteiger partial charge in [0.25, 0.3) is 0 Å². The second-order valence-electron chi connectivity index (χ2n) is 5.05. The van der Waals surface area contributed by atoms with Gasteiger partial charge in [-0.1, -0.05) is 25.7 Å². The minimum Gasteiger partial charge on any atom is -0.393 e. The van der Waals surface area contributed by atoms with Crippen LogP contribution in [0.2, 0.25) is 0 Å². The van der Waals surface area contributed by atoms with Crippen LogP contribution in [-0.2, 0) is 0 Å². The smallest absolute Gasteiger partial charge is 0.0512 e. The summed E-state index contributed by atoms with van der Waals surface area (Å²) < 4.78 is 0. The van der Waals surface area contributed by atoms with Crippen LogP contribution in [0.5, 0.6) is 0 Å². The molecule has 1 fully saturated rings. The second kappa shape index (κ2) is 8.12. The summed E-state index contributed by atoms with van der Waals surface area (Å²) >= 11 is 0. The Kier molecular flexibility index (Phi) is 7.03. The summed E-state index contributed by atoms with van der Waals surface area (Å²) in [7, 11) is 0. The van der Waals surface area contributed by atoms with Crippen molar-refractivity contribution in [2.75, 3.05) is 13.1 Å². The molecule has 1 atom stereocenters. The first-order chi connectivity index (χ1) is 7.29. The molecule has 0 aromatic carbocycles. The molecule has 15 heavy (non-hydrogen) atoms. The zero-order valence-electron chi connectivity index (χ0n) is 10.2. The van der Waals surface area contributed by atoms with Gasteiger partial charge in [0.15, 0.2) is 0 Å². The largest absolute Gasteiger partial charge is 0.393 e. The number of aliphatic hydroxyl groups excluding tert-OH is 1. The first-order valence-corrected chi connectivity index (χ1v) is 6.68. The first kappa shape index (κ1) is 13.0. The van der Waals surface area contributed by atoms with E-state index in [1.807, 2.05) is 6.92 Å². The van der Waals surface area contributed by atoms with Crippen LogP contribution in [0.4, 0.5) is 0 Å². The molecule has 1 aliphatic carbocycles. The van der Waals surface area contributed by atoms with Gasteiger partial charge >= 0.3 is 0 Å². The highest BCUT2D eigenvalue weighted by Gasteiger charge is 2.11. The number of aliphatic hydroxyl groups is 1. The Balaban J connectivity index is 1.94. The SMILES string of the molecule is CC(O)CCCNCC1CCCCCC1. The van der Waals surface area contributed by atoms with Crippen molar-refractivity contribution in [1.29, 1.82) is 0 Å². The minimum absolute atomic E-state index is 0.135. The Hall–Kier alpha value is -0.0800. The van der Waals surface area contributed by atoms with Crippen LogP contribution in [0.1, 0.15) is 58.3 Å². The Morgan fingerprint density at radius 3 is 2.47 bits per heavy atom. The molecule has 2 N–H and O–H groups in total. The maximum absolute atomic E-state index is 9.11. The normalized spacial score (nSPS) is 21.2. The first-order valence-electron chi connectivity index (χ1n) is 6.68. The van der Waals surface area contributed by atoms with Gasteiger partial charge in [-0.2, -0.15) is 0 Å². The molecule has 0 radical (unpaired) electrons. The fourth-order valence-electron chi connectivity index (χ4n) is 2.40. The fraction of sp³-hybridized carbons (Fsp3) is 1.00. The number of hydrogen-bond donors (Lipinski definition) is 2. The molecule has 1 rings (SSSR count). The van der Waals surface area contributed by atoms with Crippen LogP contribution >= 0.6 is 0 Å². The van der Waals surface area contributed by atoms with Gasteiger partial charge in [-0.25, -0.2) is 0 Å². The predicted molar refractivity (Wildman–Crippen MR) is 65.0 cm³/mol. The molecule has 0 aromatic heterocycles. The van der Waals surface area contributed by atoms with E-state index >= 15 is 0 Å². The molecule has 90 valence electrons. The van der Waals surface area contributed by atoms with Gasteiger partial charge in [0.1, 0.15) is 0 Å². The lowest BCUT2D eigenvalue weighted by Gasteiger charge is -2.14. The van der Waals surface area contributed by atoms with E-state index in [-0.39, 0.29) is 6.10 Å². The van der Waals surface area contributed by atoms with Crippen LogP contribution in [0.25, 0.3) is 0 Å². The van der Waals surface area contributed by atoms with Gasteiger partial charge in [-0.15, -0.1) is 0 Å². The zero-order chi connectivity index (χ0) is 10.9. The Morgan fingerprint density at radius 2 is 1.87 bits per heavy atom. The summed E-state index contributed by atoms with van der Waals surface area (Å²) in [6.07, 6.45) is 10.5. The van der Waals surface area contributed by atoms with E-state index in [0.717, 1.165) is 25.3 Å². The summed E-state index contributed by atoms with van der Waals surface area (Å²) in [4.78, 5) is 0. The zero-order valence-corrected chi connectivity index (χ0v) is 10.2. The van der Waals surface area contributed by atoms with Crippen molar-refractivity contribution in [3.05, 3.63) is 0 Å². The van der Waals surface area contributed by atoms with Gasteiger partial charge in [-0.3, -0.25) is 0 Å². The van der Waals surface area contributed by atoms with E-state index in [4.69, 9.17) is 5.11 Å². The Labute approximate surface area is 94.5 Å². The van der Waals surface area contributed by atoms with Gasteiger partial charge in [0, 0.05) is 0 Å². The van der Waals surface area contributed by atoms with Crippen LogP contribution in [-0.4, -0.2) is 24.3 Å². The molecule has 0 spiro atoms. The van der Waals surface area contributed by atoms with Crippen molar-refractivity contribution in [3.8, 4) is 0 Å². The average molecular weight is 213 g/mol. The topological polar surface area (TPSA) is 32.3 Å². The van der Waals surface area contributed by atoms with Crippen LogP contribution < -0.4 is 5.32 Å². The number of nitrogens with one attached hydrogen (secondary N) is 1. The molecule has 0 bridgehead atoms. The molecule has 1 unspecified atom stereocenters. The van der Waals surface area contributed by atoms with Crippen LogP contribution in [0, 0.1) is 5.92 Å². The van der Waals surface area contributed by atoms with Crippen molar-refractivity contribution in [3.63, 3.8) is 0 Å². The van der Waals surface area contributed by atoms with Crippen molar-refractivity contribution in [1.82, 2.24) is 5.32 Å². The Morgan fingerprint density at radius 1 is 1.20 bits per heavy atom. The number of rotatable bonds is 6. The van der Waals surface area contributed by atoms with E-state index < -0.39 is 0 Å². The fourth-order valence-corrected chi connectivity index (χ4v) is 2.40. The van der Waals surface area contributed by atoms with Gasteiger partial charge < -0.3 is 10.4 Å². The Bertz CT molecular complexity index is 139. The molecular weight excluding hydrogens is 186 g/mol. The van der Waals surface area contributed by atoms with Gasteiger partial charge in [0.05, 0.1) is 6.10 Å². The van der Waals surface area contributed by atoms with Crippen molar-refractivity contribution in [2.24, 2.45) is 5.92 Å². The van der Waals surface area contributed by atoms with Crippen LogP contribution in [0.15, 0.2) is 0 Å². The highest BCUT2D eigenvalue weighted by molar-refractivity contribution is 4.67. The lowest BCUT2D eigenvalue weighted by Crippen LogP contribution is -2.24. The summed E-state index contributed by atoms with van der Waals surface area (Å²) in [5.74, 6) is 0.916. The van der Waals surface area contributed by atoms with Crippen molar-refractivity contribution >= 4 is 0 Å². The van der Waals surface area contributed by atoms with E-state index in [9.17, 15) is 0 Å². The van der Waals surface area contributed by atoms with E-state index in [0.29, 0.717) is 0 Å². The molecule has 1 saturated carbocycles. The second-order valence-corrected chi connectivity index (χ2v) is 5.05. The molecule has 0 aliphatic heterocycles. The van der Waals surface area contributed by atoms with E-state index in [1.165, 1.54) is 45.1 Å². The molecule has 2 heteroatoms. The van der Waals surface area contributed by atoms with Crippen LogP contribution in [0.3, 0.4) is 0 Å². The lowest BCUT2D eigenvalue weighted by atomic mass is 10.0. The quantitative estimate of drug-likeness (QED) is 0.525. The summed E-state index contributed by atoms with van der Waals surface area (Å²) in [5, 5.41) is 12.6. The van der Waals surface area contributed by atoms with Gasteiger partial charge in [0.2, 0.25) is 0 Å². The maximum Gasteiger partial charge on any atom is 0.0512 e. The predicted octanol–water partition coefficient (Wildman–Crippen LogP) is 2.71. The monoisotopic (exact) mass is 213 g/mol. The average Bonchev–Trinajstić information content (AvgIpc) is 2.45. The minimum atomic E-state index is -0.135. The highest BCUT2D eigenvalue weighted by Crippen LogP contribution is 2.21.